The SMILES string of the molecule is CCOC(=O)c1c(C)[nH]c(C(=O)[C@H](C)N2CCN(c3ccc(F)cc3)CC2)c1C. The molecular formula is C22H28FN3O3. The van der Waals surface area contributed by atoms with Crippen LogP contribution in [0.2, 0.25) is 0 Å². The lowest BCUT2D eigenvalue weighted by molar-refractivity contribution is 0.0525. The first kappa shape index (κ1) is 21.0. The number of ether oxygens (including phenoxy) is 1. The zero-order valence-electron chi connectivity index (χ0n) is 17.4. The molecule has 0 spiro atoms. The molecule has 0 amide bonds. The summed E-state index contributed by atoms with van der Waals surface area (Å²) in [6, 6.07) is 6.18. The Balaban J connectivity index is 1.68. The van der Waals surface area contributed by atoms with E-state index in [1.165, 1.54) is 12.1 Å². The summed E-state index contributed by atoms with van der Waals surface area (Å²) < 4.78 is 18.2. The number of benzene rings is 1. The summed E-state index contributed by atoms with van der Waals surface area (Å²) >= 11 is 0. The van der Waals surface area contributed by atoms with Crippen molar-refractivity contribution in [3.63, 3.8) is 0 Å². The van der Waals surface area contributed by atoms with Crippen LogP contribution in [0, 0.1) is 19.7 Å². The predicted molar refractivity (Wildman–Crippen MR) is 110 cm³/mol. The Morgan fingerprint density at radius 1 is 1.14 bits per heavy atom. The first-order chi connectivity index (χ1) is 13.8. The smallest absolute Gasteiger partial charge is 0.340 e. The van der Waals surface area contributed by atoms with Crippen molar-refractivity contribution in [1.29, 1.82) is 0 Å². The average Bonchev–Trinajstić information content (AvgIpc) is 3.02. The molecule has 7 heteroatoms. The Hall–Kier alpha value is -2.67. The minimum Gasteiger partial charge on any atom is -0.462 e. The van der Waals surface area contributed by atoms with Gasteiger partial charge < -0.3 is 14.6 Å². The highest BCUT2D eigenvalue weighted by atomic mass is 19.1. The van der Waals surface area contributed by atoms with Crippen molar-refractivity contribution in [3.05, 3.63) is 52.6 Å². The monoisotopic (exact) mass is 401 g/mol. The fourth-order valence-electron chi connectivity index (χ4n) is 3.90. The second-order valence-electron chi connectivity index (χ2n) is 7.39. The average molecular weight is 401 g/mol. The first-order valence-corrected chi connectivity index (χ1v) is 9.98. The number of nitrogens with one attached hydrogen (secondary N) is 1. The fraction of sp³-hybridized carbons (Fsp3) is 0.455. The van der Waals surface area contributed by atoms with Crippen LogP contribution in [0.4, 0.5) is 10.1 Å². The van der Waals surface area contributed by atoms with Crippen molar-refractivity contribution in [2.45, 2.75) is 33.7 Å². The number of rotatable bonds is 6. The number of esters is 1. The maximum Gasteiger partial charge on any atom is 0.340 e. The highest BCUT2D eigenvalue weighted by Crippen LogP contribution is 2.23. The number of halogens is 1. The Morgan fingerprint density at radius 3 is 2.34 bits per heavy atom. The molecule has 2 aromatic rings. The maximum atomic E-state index is 13.1. The summed E-state index contributed by atoms with van der Waals surface area (Å²) in [4.78, 5) is 32.7. The fourth-order valence-corrected chi connectivity index (χ4v) is 3.90. The van der Waals surface area contributed by atoms with E-state index in [4.69, 9.17) is 4.74 Å². The van der Waals surface area contributed by atoms with Crippen LogP contribution in [0.15, 0.2) is 24.3 Å². The van der Waals surface area contributed by atoms with E-state index in [1.807, 2.05) is 6.92 Å². The lowest BCUT2D eigenvalue weighted by Crippen LogP contribution is -2.51. The molecule has 1 N–H and O–H groups in total. The van der Waals surface area contributed by atoms with Crippen LogP contribution in [0.25, 0.3) is 0 Å². The van der Waals surface area contributed by atoms with Crippen LogP contribution in [-0.4, -0.2) is 60.5 Å². The number of piperazine rings is 1. The van der Waals surface area contributed by atoms with E-state index in [1.54, 1.807) is 32.9 Å². The summed E-state index contributed by atoms with van der Waals surface area (Å²) in [5, 5.41) is 0. The van der Waals surface area contributed by atoms with E-state index in [-0.39, 0.29) is 17.6 Å². The molecule has 0 aliphatic carbocycles. The van der Waals surface area contributed by atoms with E-state index in [0.717, 1.165) is 31.9 Å². The largest absolute Gasteiger partial charge is 0.462 e. The van der Waals surface area contributed by atoms with E-state index in [0.29, 0.717) is 29.1 Å². The summed E-state index contributed by atoms with van der Waals surface area (Å²) in [5.74, 6) is -0.680. The minimum atomic E-state index is -0.404. The molecule has 1 aromatic carbocycles. The van der Waals surface area contributed by atoms with Gasteiger partial charge in [-0.2, -0.15) is 0 Å². The van der Waals surface area contributed by atoms with Crippen molar-refractivity contribution in [3.8, 4) is 0 Å². The van der Waals surface area contributed by atoms with Crippen LogP contribution in [0.1, 0.15) is 46.0 Å². The van der Waals surface area contributed by atoms with Gasteiger partial charge in [0.1, 0.15) is 5.82 Å². The van der Waals surface area contributed by atoms with Crippen LogP contribution in [-0.2, 0) is 4.74 Å². The number of Topliss-reactive ketones (excluding diaryl/α,β-unsaturated/α-hetero) is 1. The Labute approximate surface area is 170 Å². The maximum absolute atomic E-state index is 13.1. The lowest BCUT2D eigenvalue weighted by Gasteiger charge is -2.38. The van der Waals surface area contributed by atoms with E-state index >= 15 is 0 Å². The molecule has 1 fully saturated rings. The van der Waals surface area contributed by atoms with E-state index in [9.17, 15) is 14.0 Å². The van der Waals surface area contributed by atoms with Crippen molar-refractivity contribution >= 4 is 17.4 Å². The molecule has 29 heavy (non-hydrogen) atoms. The molecule has 0 saturated carbocycles. The number of carbonyl (C=O) groups excluding carboxylic acids is 2. The second-order valence-corrected chi connectivity index (χ2v) is 7.39. The predicted octanol–water partition coefficient (Wildman–Crippen LogP) is 3.34. The number of H-pyrrole nitrogens is 1. The summed E-state index contributed by atoms with van der Waals surface area (Å²) in [7, 11) is 0. The third-order valence-corrected chi connectivity index (χ3v) is 5.60. The highest BCUT2D eigenvalue weighted by molar-refractivity contribution is 6.03. The van der Waals surface area contributed by atoms with Gasteiger partial charge in [0.15, 0.2) is 5.78 Å². The van der Waals surface area contributed by atoms with Gasteiger partial charge in [0.2, 0.25) is 0 Å². The molecule has 0 bridgehead atoms. The molecule has 1 aromatic heterocycles. The molecule has 0 unspecified atom stereocenters. The van der Waals surface area contributed by atoms with Crippen molar-refractivity contribution in [2.75, 3.05) is 37.7 Å². The summed E-state index contributed by atoms with van der Waals surface area (Å²) in [6.07, 6.45) is 0. The van der Waals surface area contributed by atoms with Gasteiger partial charge >= 0.3 is 5.97 Å². The molecule has 1 saturated heterocycles. The number of carbonyl (C=O) groups is 2. The third-order valence-electron chi connectivity index (χ3n) is 5.60. The van der Waals surface area contributed by atoms with Crippen LogP contribution in [0.5, 0.6) is 0 Å². The Kier molecular flexibility index (Phi) is 6.37. The van der Waals surface area contributed by atoms with Gasteiger partial charge in [0.05, 0.1) is 23.9 Å². The zero-order chi connectivity index (χ0) is 21.1. The number of anilines is 1. The van der Waals surface area contributed by atoms with Gasteiger partial charge in [0, 0.05) is 37.6 Å². The lowest BCUT2D eigenvalue weighted by atomic mass is 10.0. The van der Waals surface area contributed by atoms with Crippen LogP contribution in [0.3, 0.4) is 0 Å². The van der Waals surface area contributed by atoms with Crippen LogP contribution < -0.4 is 4.90 Å². The Bertz CT molecular complexity index is 883. The number of aromatic nitrogens is 1. The zero-order valence-corrected chi connectivity index (χ0v) is 17.4. The molecule has 156 valence electrons. The number of aryl methyl sites for hydroxylation is 1. The molecule has 0 radical (unpaired) electrons. The van der Waals surface area contributed by atoms with Gasteiger partial charge in [-0.25, -0.2) is 9.18 Å². The normalized spacial score (nSPS) is 16.0. The van der Waals surface area contributed by atoms with Gasteiger partial charge in [-0.05, 0) is 57.5 Å². The third kappa shape index (κ3) is 4.34. The molecule has 1 aliphatic heterocycles. The molecule has 6 nitrogen and oxygen atoms in total. The standard InChI is InChI=1S/C22H28FN3O3/c1-5-29-22(28)19-14(2)20(24-15(19)3)21(27)16(4)25-10-12-26(13-11-25)18-8-6-17(23)7-9-18/h6-9,16,24H,5,10-13H2,1-4H3/t16-/m0/s1. The molecule has 2 heterocycles. The van der Waals surface area contributed by atoms with E-state index in [2.05, 4.69) is 14.8 Å². The molecular weight excluding hydrogens is 373 g/mol. The van der Waals surface area contributed by atoms with E-state index < -0.39 is 5.97 Å². The Morgan fingerprint density at radius 2 is 1.76 bits per heavy atom. The van der Waals surface area contributed by atoms with Crippen molar-refractivity contribution in [1.82, 2.24) is 9.88 Å². The minimum absolute atomic E-state index is 0.0311. The van der Waals surface area contributed by atoms with Crippen molar-refractivity contribution < 1.29 is 18.7 Å². The van der Waals surface area contributed by atoms with Gasteiger partial charge in [-0.3, -0.25) is 9.69 Å². The second kappa shape index (κ2) is 8.78. The van der Waals surface area contributed by atoms with Crippen LogP contribution >= 0.6 is 0 Å². The number of ketones is 1. The number of hydrogen-bond acceptors (Lipinski definition) is 5. The summed E-state index contributed by atoms with van der Waals surface area (Å²) in [5.41, 5.74) is 3.20. The van der Waals surface area contributed by atoms with Gasteiger partial charge in [0.25, 0.3) is 0 Å². The molecule has 1 aliphatic rings. The highest BCUT2D eigenvalue weighted by Gasteiger charge is 2.30. The number of hydrogen-bond donors (Lipinski definition) is 1. The molecule has 1 atom stereocenters. The summed E-state index contributed by atoms with van der Waals surface area (Å²) in [6.45, 7) is 10.5. The van der Waals surface area contributed by atoms with Crippen molar-refractivity contribution in [2.24, 2.45) is 0 Å². The van der Waals surface area contributed by atoms with Gasteiger partial charge in [-0.1, -0.05) is 0 Å². The molecule has 3 rings (SSSR count). The topological polar surface area (TPSA) is 65.6 Å². The number of nitrogens with zero attached hydrogens (tertiary/aromatic N) is 2. The number of aromatic amines is 1. The van der Waals surface area contributed by atoms with Gasteiger partial charge in [-0.15, -0.1) is 0 Å². The quantitative estimate of drug-likeness (QED) is 0.594. The first-order valence-electron chi connectivity index (χ1n) is 9.98.